The van der Waals surface area contributed by atoms with Crippen LogP contribution in [0.1, 0.15) is 0 Å². The zero-order chi connectivity index (χ0) is 9.07. The first-order valence-electron chi connectivity index (χ1n) is 3.08. The van der Waals surface area contributed by atoms with Crippen LogP contribution in [0, 0.1) is 0 Å². The van der Waals surface area contributed by atoms with Gasteiger partial charge in [-0.25, -0.2) is 4.79 Å². The molecule has 0 amide bonds. The number of hydrogen-bond acceptors (Lipinski definition) is 4. The Kier molecular flexibility index (Phi) is 3.76. The fourth-order valence-electron chi connectivity index (χ4n) is 0.705. The molecule has 4 nitrogen and oxygen atoms in total. The third-order valence-electron chi connectivity index (χ3n) is 1.19. The first-order valence-corrected chi connectivity index (χ1v) is 5.75. The summed E-state index contributed by atoms with van der Waals surface area (Å²) in [6, 6.07) is 0. The van der Waals surface area contributed by atoms with E-state index in [0.29, 0.717) is 0 Å². The number of carbonyl (C=O) groups is 1. The minimum absolute atomic E-state index is 0.583. The maximum atomic E-state index is 11.3. The lowest BCUT2D eigenvalue weighted by Crippen LogP contribution is -2.23. The highest BCUT2D eigenvalue weighted by Crippen LogP contribution is 2.43. The second-order valence-electron chi connectivity index (χ2n) is 2.55. The van der Waals surface area contributed by atoms with Crippen LogP contribution in [0.3, 0.4) is 0 Å². The van der Waals surface area contributed by atoms with E-state index in [1.165, 1.54) is 27.5 Å². The molecule has 0 rings (SSSR count). The van der Waals surface area contributed by atoms with Gasteiger partial charge in [-0.1, -0.05) is 0 Å². The Morgan fingerprint density at radius 2 is 1.82 bits per heavy atom. The second-order valence-corrected chi connectivity index (χ2v) is 5.88. The molecule has 0 aliphatic heterocycles. The van der Waals surface area contributed by atoms with Crippen molar-refractivity contribution in [2.75, 3.05) is 27.5 Å². The lowest BCUT2D eigenvalue weighted by molar-refractivity contribution is -0.147. The molecule has 0 saturated heterocycles. The lowest BCUT2D eigenvalue weighted by Gasteiger charge is -2.16. The van der Waals surface area contributed by atoms with E-state index in [9.17, 15) is 9.36 Å². The molecule has 0 aromatic carbocycles. The largest absolute Gasteiger partial charge is 0.467 e. The fraction of sp³-hybridized carbons (Fsp3) is 0.833. The number of rotatable bonds is 3. The van der Waals surface area contributed by atoms with Crippen molar-refractivity contribution in [3.8, 4) is 0 Å². The van der Waals surface area contributed by atoms with Crippen LogP contribution in [0.25, 0.3) is 0 Å². The van der Waals surface area contributed by atoms with E-state index in [2.05, 4.69) is 4.74 Å². The minimum Gasteiger partial charge on any atom is -0.467 e. The Labute approximate surface area is 66.2 Å². The maximum absolute atomic E-state index is 11.3. The molecule has 0 aromatic rings. The molecule has 0 radical (unpaired) electrons. The van der Waals surface area contributed by atoms with Crippen LogP contribution in [0.5, 0.6) is 0 Å². The Morgan fingerprint density at radius 3 is 1.91 bits per heavy atom. The molecule has 0 N–H and O–H groups in total. The van der Waals surface area contributed by atoms with Gasteiger partial charge in [-0.15, -0.1) is 0 Å². The van der Waals surface area contributed by atoms with E-state index >= 15 is 0 Å². The monoisotopic (exact) mass is 180 g/mol. The summed E-state index contributed by atoms with van der Waals surface area (Å²) in [6.07, 6.45) is 0. The van der Waals surface area contributed by atoms with Crippen molar-refractivity contribution in [1.29, 1.82) is 0 Å². The number of esters is 1. The van der Waals surface area contributed by atoms with E-state index in [-0.39, 0.29) is 0 Å². The summed E-state index contributed by atoms with van der Waals surface area (Å²) in [4.78, 5) is 10.9. The van der Waals surface area contributed by atoms with Gasteiger partial charge in [0.05, 0.1) is 7.11 Å². The smallest absolute Gasteiger partial charge is 0.342 e. The van der Waals surface area contributed by atoms with Gasteiger partial charge < -0.3 is 14.0 Å². The highest BCUT2D eigenvalue weighted by molar-refractivity contribution is 7.63. The Morgan fingerprint density at radius 1 is 1.36 bits per heavy atom. The van der Waals surface area contributed by atoms with E-state index < -0.39 is 19.0 Å². The summed E-state index contributed by atoms with van der Waals surface area (Å²) in [5, 5.41) is 0. The second kappa shape index (κ2) is 3.88. The summed E-state index contributed by atoms with van der Waals surface area (Å²) in [5.41, 5.74) is 0. The van der Waals surface area contributed by atoms with Gasteiger partial charge in [-0.05, 0) is 13.3 Å². The first-order chi connectivity index (χ1) is 4.93. The molecule has 1 atom stereocenters. The fourth-order valence-corrected chi connectivity index (χ4v) is 1.83. The summed E-state index contributed by atoms with van der Waals surface area (Å²) in [5.74, 6) is -1.51. The summed E-state index contributed by atoms with van der Waals surface area (Å²) >= 11 is 0. The molecule has 66 valence electrons. The van der Waals surface area contributed by atoms with Gasteiger partial charge in [0.15, 0.2) is 0 Å². The SMILES string of the molecule is COC(=O)C(OC)P(C)(C)=O. The molecular formula is C6H13O4P. The number of ether oxygens (including phenoxy) is 2. The maximum Gasteiger partial charge on any atom is 0.342 e. The molecule has 0 fully saturated rings. The quantitative estimate of drug-likeness (QED) is 0.475. The molecule has 5 heteroatoms. The van der Waals surface area contributed by atoms with Gasteiger partial charge in [-0.3, -0.25) is 0 Å². The highest BCUT2D eigenvalue weighted by Gasteiger charge is 2.30. The number of hydrogen-bond donors (Lipinski definition) is 0. The van der Waals surface area contributed by atoms with Gasteiger partial charge in [0, 0.05) is 7.11 Å². The molecule has 0 bridgehead atoms. The van der Waals surface area contributed by atoms with Crippen LogP contribution in [-0.4, -0.2) is 39.4 Å². The van der Waals surface area contributed by atoms with Crippen LogP contribution in [0.2, 0.25) is 0 Å². The van der Waals surface area contributed by atoms with E-state index in [1.807, 2.05) is 0 Å². The predicted molar refractivity (Wildman–Crippen MR) is 42.3 cm³/mol. The Balaban J connectivity index is 4.42. The average Bonchev–Trinajstić information content (AvgIpc) is 1.86. The molecule has 11 heavy (non-hydrogen) atoms. The zero-order valence-electron chi connectivity index (χ0n) is 7.16. The molecular weight excluding hydrogens is 167 g/mol. The number of methoxy groups -OCH3 is 2. The summed E-state index contributed by atoms with van der Waals surface area (Å²) < 4.78 is 20.4. The third kappa shape index (κ3) is 3.04. The van der Waals surface area contributed by atoms with Crippen LogP contribution in [0.4, 0.5) is 0 Å². The van der Waals surface area contributed by atoms with Crippen LogP contribution < -0.4 is 0 Å². The van der Waals surface area contributed by atoms with Crippen molar-refractivity contribution in [3.63, 3.8) is 0 Å². The molecule has 0 heterocycles. The number of carbonyl (C=O) groups excluding carboxylic acids is 1. The summed E-state index contributed by atoms with van der Waals surface area (Å²) in [7, 11) is 0.0294. The normalized spacial score (nSPS) is 14.2. The first kappa shape index (κ1) is 10.7. The molecule has 0 spiro atoms. The third-order valence-corrected chi connectivity index (χ3v) is 2.74. The van der Waals surface area contributed by atoms with Gasteiger partial charge in [0.1, 0.15) is 7.14 Å². The highest BCUT2D eigenvalue weighted by atomic mass is 31.2. The van der Waals surface area contributed by atoms with Crippen molar-refractivity contribution in [2.45, 2.75) is 5.85 Å². The van der Waals surface area contributed by atoms with Gasteiger partial charge in [0.25, 0.3) is 0 Å². The minimum atomic E-state index is -2.55. The van der Waals surface area contributed by atoms with E-state index in [4.69, 9.17) is 4.74 Å². The molecule has 0 aromatic heterocycles. The zero-order valence-corrected chi connectivity index (χ0v) is 8.05. The molecule has 0 aliphatic rings. The van der Waals surface area contributed by atoms with Gasteiger partial charge in [-0.2, -0.15) is 0 Å². The van der Waals surface area contributed by atoms with Gasteiger partial charge in [0.2, 0.25) is 5.85 Å². The average molecular weight is 180 g/mol. The van der Waals surface area contributed by atoms with Crippen LogP contribution in [-0.2, 0) is 18.8 Å². The summed E-state index contributed by atoms with van der Waals surface area (Å²) in [6.45, 7) is 2.97. The van der Waals surface area contributed by atoms with Crippen LogP contribution in [0.15, 0.2) is 0 Å². The predicted octanol–water partition coefficient (Wildman–Crippen LogP) is 0.755. The van der Waals surface area contributed by atoms with Crippen LogP contribution >= 0.6 is 7.14 Å². The van der Waals surface area contributed by atoms with Crippen molar-refractivity contribution < 1.29 is 18.8 Å². The van der Waals surface area contributed by atoms with Gasteiger partial charge >= 0.3 is 5.97 Å². The van der Waals surface area contributed by atoms with E-state index in [1.54, 1.807) is 0 Å². The standard InChI is InChI=1S/C6H13O4P/c1-9-5(7)6(10-2)11(3,4)8/h6H,1-4H3. The van der Waals surface area contributed by atoms with Crippen molar-refractivity contribution >= 4 is 13.1 Å². The molecule has 0 aliphatic carbocycles. The van der Waals surface area contributed by atoms with Crippen molar-refractivity contribution in [3.05, 3.63) is 0 Å². The van der Waals surface area contributed by atoms with Crippen molar-refractivity contribution in [1.82, 2.24) is 0 Å². The van der Waals surface area contributed by atoms with E-state index in [0.717, 1.165) is 0 Å². The Hall–Kier alpha value is -0.340. The topological polar surface area (TPSA) is 52.6 Å². The van der Waals surface area contributed by atoms with Crippen molar-refractivity contribution in [2.24, 2.45) is 0 Å². The molecule has 1 unspecified atom stereocenters. The Bertz CT molecular complexity index is 183. The molecule has 0 saturated carbocycles. The lowest BCUT2D eigenvalue weighted by atomic mass is 10.7.